The summed E-state index contributed by atoms with van der Waals surface area (Å²) < 4.78 is 2.33. The molecule has 0 radical (unpaired) electrons. The molecule has 4 heteroatoms. The van der Waals surface area contributed by atoms with Gasteiger partial charge < -0.3 is 4.23 Å². The molecule has 0 N–H and O–H groups in total. The molecule has 96 valence electrons. The first-order valence-electron chi connectivity index (χ1n) is 6.26. The van der Waals surface area contributed by atoms with Crippen molar-refractivity contribution < 1.29 is 4.79 Å². The minimum absolute atomic E-state index is 0.288. The van der Waals surface area contributed by atoms with E-state index in [1.165, 1.54) is 0 Å². The molecule has 1 amide bonds. The zero-order chi connectivity index (χ0) is 13.3. The lowest BCUT2D eigenvalue weighted by atomic mass is 10.6. The van der Waals surface area contributed by atoms with Crippen molar-refractivity contribution in [2.75, 3.05) is 0 Å². The maximum Gasteiger partial charge on any atom is 0.203 e. The lowest BCUT2D eigenvalue weighted by molar-refractivity contribution is -0.122. The van der Waals surface area contributed by atoms with Crippen molar-refractivity contribution in [3.63, 3.8) is 0 Å². The summed E-state index contributed by atoms with van der Waals surface area (Å²) in [5, 5.41) is 0. The van der Waals surface area contributed by atoms with Gasteiger partial charge in [-0.1, -0.05) is 53.9 Å². The average Bonchev–Trinajstić information content (AvgIpc) is 2.00. The van der Waals surface area contributed by atoms with E-state index in [-0.39, 0.29) is 5.91 Å². The lowest BCUT2D eigenvalue weighted by Gasteiger charge is -2.50. The van der Waals surface area contributed by atoms with Crippen LogP contribution in [0.25, 0.3) is 0 Å². The molecule has 0 unspecified atom stereocenters. The van der Waals surface area contributed by atoms with E-state index in [2.05, 4.69) is 58.1 Å². The van der Waals surface area contributed by atoms with Gasteiger partial charge in [0, 0.05) is 6.92 Å². The molecule has 0 bridgehead atoms. The summed E-state index contributed by atoms with van der Waals surface area (Å²) in [6.45, 7) is 20.1. The predicted molar refractivity (Wildman–Crippen MR) is 77.7 cm³/mol. The Balaban J connectivity index is 5.42. The third-order valence-corrected chi connectivity index (χ3v) is 16.3. The van der Waals surface area contributed by atoms with E-state index in [1.807, 2.05) is 0 Å². The molecular weight excluding hydrogens is 230 g/mol. The van der Waals surface area contributed by atoms with Gasteiger partial charge in [-0.3, -0.25) is 4.79 Å². The molecule has 0 fully saturated rings. The smallest absolute Gasteiger partial charge is 0.203 e. The van der Waals surface area contributed by atoms with Crippen molar-refractivity contribution in [1.82, 2.24) is 4.23 Å². The van der Waals surface area contributed by atoms with Crippen LogP contribution in [0.3, 0.4) is 0 Å². The number of rotatable bonds is 4. The Morgan fingerprint density at radius 2 is 1.12 bits per heavy atom. The highest BCUT2D eigenvalue weighted by atomic mass is 28.4. The molecule has 0 spiro atoms. The molecule has 0 heterocycles. The van der Waals surface area contributed by atoms with Crippen LogP contribution < -0.4 is 0 Å². The van der Waals surface area contributed by atoms with Gasteiger partial charge in [0.05, 0.1) is 0 Å². The quantitative estimate of drug-likeness (QED) is 0.697. The number of amides is 1. The van der Waals surface area contributed by atoms with Gasteiger partial charge in [0.25, 0.3) is 0 Å². The monoisotopic (exact) mass is 259 g/mol. The summed E-state index contributed by atoms with van der Waals surface area (Å²) in [5.74, 6) is 0.288. The maximum atomic E-state index is 12.0. The highest BCUT2D eigenvalue weighted by Crippen LogP contribution is 2.34. The molecule has 0 aliphatic carbocycles. The standard InChI is InChI=1S/C12H29NOSi2/c1-10(2)15(6,7)13(12(5)14)16(8,9)11(3)4/h10-11H,1-9H3. The van der Waals surface area contributed by atoms with Crippen molar-refractivity contribution in [3.8, 4) is 0 Å². The normalized spacial score (nSPS) is 13.4. The molecule has 0 rings (SSSR count). The van der Waals surface area contributed by atoms with Gasteiger partial charge in [-0.05, 0) is 11.1 Å². The van der Waals surface area contributed by atoms with Crippen LogP contribution in [0, 0.1) is 0 Å². The van der Waals surface area contributed by atoms with Crippen LogP contribution in [0.1, 0.15) is 34.6 Å². The molecule has 16 heavy (non-hydrogen) atoms. The van der Waals surface area contributed by atoms with Crippen LogP contribution in [-0.4, -0.2) is 26.6 Å². The van der Waals surface area contributed by atoms with Crippen LogP contribution in [0.2, 0.25) is 37.3 Å². The summed E-state index contributed by atoms with van der Waals surface area (Å²) in [5.41, 5.74) is 1.23. The molecule has 0 aromatic heterocycles. The largest absolute Gasteiger partial charge is 0.395 e. The van der Waals surface area contributed by atoms with Crippen LogP contribution in [0.5, 0.6) is 0 Å². The zero-order valence-electron chi connectivity index (χ0n) is 12.5. The molecule has 0 aromatic rings. The minimum Gasteiger partial charge on any atom is -0.395 e. The Morgan fingerprint density at radius 1 is 0.875 bits per heavy atom. The molecule has 0 aliphatic heterocycles. The summed E-state index contributed by atoms with van der Waals surface area (Å²) in [7, 11) is -3.25. The van der Waals surface area contributed by atoms with Crippen LogP contribution in [0.4, 0.5) is 0 Å². The number of carbonyl (C=O) groups is 1. The first kappa shape index (κ1) is 15.9. The Kier molecular flexibility index (Phi) is 5.01. The second-order valence-electron chi connectivity index (χ2n) is 6.47. The fourth-order valence-electron chi connectivity index (χ4n) is 2.07. The molecule has 0 saturated heterocycles. The number of carbonyl (C=O) groups excluding carboxylic acids is 1. The SMILES string of the molecule is CC(=O)N([Si](C)(C)C(C)C)[Si](C)(C)C(C)C. The second kappa shape index (κ2) is 5.04. The molecular formula is C12H29NOSi2. The van der Waals surface area contributed by atoms with Gasteiger partial charge in [-0.15, -0.1) is 0 Å². The fraction of sp³-hybridized carbons (Fsp3) is 0.917. The van der Waals surface area contributed by atoms with E-state index >= 15 is 0 Å². The first-order valence-corrected chi connectivity index (χ1v) is 12.3. The zero-order valence-corrected chi connectivity index (χ0v) is 14.5. The molecule has 0 saturated carbocycles. The van der Waals surface area contributed by atoms with Crippen LogP contribution in [0.15, 0.2) is 0 Å². The highest BCUT2D eigenvalue weighted by molar-refractivity contribution is 6.94. The van der Waals surface area contributed by atoms with Gasteiger partial charge in [-0.2, -0.15) is 0 Å². The van der Waals surface area contributed by atoms with E-state index in [0.29, 0.717) is 11.1 Å². The molecule has 2 nitrogen and oxygen atoms in total. The van der Waals surface area contributed by atoms with Crippen molar-refractivity contribution in [1.29, 1.82) is 0 Å². The Morgan fingerprint density at radius 3 is 1.25 bits per heavy atom. The highest BCUT2D eigenvalue weighted by Gasteiger charge is 2.45. The topological polar surface area (TPSA) is 20.3 Å². The summed E-state index contributed by atoms with van der Waals surface area (Å²) in [4.78, 5) is 12.0. The number of hydrogen-bond donors (Lipinski definition) is 0. The van der Waals surface area contributed by atoms with E-state index in [4.69, 9.17) is 0 Å². The number of nitrogens with zero attached hydrogens (tertiary/aromatic N) is 1. The van der Waals surface area contributed by atoms with Crippen LogP contribution in [-0.2, 0) is 4.79 Å². The van der Waals surface area contributed by atoms with Gasteiger partial charge in [0.15, 0.2) is 0 Å². The van der Waals surface area contributed by atoms with Gasteiger partial charge in [-0.25, -0.2) is 0 Å². The predicted octanol–water partition coefficient (Wildman–Crippen LogP) is 4.07. The van der Waals surface area contributed by atoms with E-state index in [1.54, 1.807) is 6.92 Å². The summed E-state index contributed by atoms with van der Waals surface area (Å²) in [6, 6.07) is 0. The maximum absolute atomic E-state index is 12.0. The average molecular weight is 260 g/mol. The first-order chi connectivity index (χ1) is 6.95. The minimum atomic E-state index is -1.63. The van der Waals surface area contributed by atoms with Crippen molar-refractivity contribution in [3.05, 3.63) is 0 Å². The Labute approximate surface area is 104 Å². The van der Waals surface area contributed by atoms with Gasteiger partial charge >= 0.3 is 0 Å². The van der Waals surface area contributed by atoms with Crippen molar-refractivity contribution in [2.45, 2.75) is 71.9 Å². The Bertz CT molecular complexity index is 240. The molecule has 0 aliphatic rings. The number of hydrogen-bond acceptors (Lipinski definition) is 1. The molecule has 0 atom stereocenters. The van der Waals surface area contributed by atoms with Crippen molar-refractivity contribution >= 4 is 22.4 Å². The fourth-order valence-corrected chi connectivity index (χ4v) is 12.2. The molecule has 0 aromatic carbocycles. The third-order valence-electron chi connectivity index (χ3n) is 4.29. The second-order valence-corrected chi connectivity index (χ2v) is 16.7. The van der Waals surface area contributed by atoms with Gasteiger partial charge in [0.2, 0.25) is 5.91 Å². The summed E-state index contributed by atoms with van der Waals surface area (Å²) in [6.07, 6.45) is 0. The van der Waals surface area contributed by atoms with E-state index in [9.17, 15) is 4.79 Å². The van der Waals surface area contributed by atoms with E-state index in [0.717, 1.165) is 0 Å². The van der Waals surface area contributed by atoms with Gasteiger partial charge in [0.1, 0.15) is 16.5 Å². The Hall–Kier alpha value is -0.0962. The lowest BCUT2D eigenvalue weighted by Crippen LogP contribution is -2.66. The summed E-state index contributed by atoms with van der Waals surface area (Å²) >= 11 is 0. The van der Waals surface area contributed by atoms with Crippen molar-refractivity contribution in [2.24, 2.45) is 0 Å². The van der Waals surface area contributed by atoms with E-state index < -0.39 is 16.5 Å². The van der Waals surface area contributed by atoms with Crippen LogP contribution >= 0.6 is 0 Å². The third kappa shape index (κ3) is 2.97.